The first-order valence-corrected chi connectivity index (χ1v) is 7.84. The molecule has 0 bridgehead atoms. The van der Waals surface area contributed by atoms with Crippen molar-refractivity contribution in [2.45, 2.75) is 39.3 Å². The third kappa shape index (κ3) is 3.76. The Labute approximate surface area is 134 Å². The van der Waals surface area contributed by atoms with E-state index in [1.54, 1.807) is 17.7 Å². The standard InChI is InChI=1S/C15H22N6O2/c1-10-7-13(18-20(10)3)15(22)17-12-5-4-6-21(8-12)9-14-16-11(2)23-19-14/h7,12H,4-6,8-9H2,1-3H3,(H,17,22). The number of aryl methyl sites for hydroxylation is 3. The lowest BCUT2D eigenvalue weighted by Gasteiger charge is -2.32. The van der Waals surface area contributed by atoms with Crippen LogP contribution in [0.4, 0.5) is 0 Å². The molecule has 0 aromatic carbocycles. The maximum absolute atomic E-state index is 12.3. The molecule has 1 aliphatic rings. The molecule has 1 fully saturated rings. The highest BCUT2D eigenvalue weighted by Gasteiger charge is 2.24. The highest BCUT2D eigenvalue weighted by atomic mass is 16.5. The van der Waals surface area contributed by atoms with Crippen LogP contribution in [0.25, 0.3) is 0 Å². The van der Waals surface area contributed by atoms with Crippen molar-refractivity contribution in [3.63, 3.8) is 0 Å². The zero-order valence-corrected chi connectivity index (χ0v) is 13.7. The van der Waals surface area contributed by atoms with Crippen LogP contribution in [0.2, 0.25) is 0 Å². The average molecular weight is 318 g/mol. The zero-order valence-electron chi connectivity index (χ0n) is 13.7. The minimum Gasteiger partial charge on any atom is -0.347 e. The van der Waals surface area contributed by atoms with Crippen molar-refractivity contribution >= 4 is 5.91 Å². The Hall–Kier alpha value is -2.22. The number of hydrogen-bond donors (Lipinski definition) is 1. The quantitative estimate of drug-likeness (QED) is 0.897. The van der Waals surface area contributed by atoms with Gasteiger partial charge in [-0.15, -0.1) is 0 Å². The zero-order chi connectivity index (χ0) is 16.4. The largest absolute Gasteiger partial charge is 0.347 e. The average Bonchev–Trinajstić information content (AvgIpc) is 3.06. The van der Waals surface area contributed by atoms with E-state index in [0.29, 0.717) is 24.0 Å². The SMILES string of the molecule is Cc1nc(CN2CCCC(NC(=O)c3cc(C)n(C)n3)C2)no1. The van der Waals surface area contributed by atoms with Crippen molar-refractivity contribution < 1.29 is 9.32 Å². The molecule has 1 atom stereocenters. The van der Waals surface area contributed by atoms with Crippen molar-refractivity contribution in [3.8, 4) is 0 Å². The topological polar surface area (TPSA) is 89.1 Å². The molecule has 1 saturated heterocycles. The van der Waals surface area contributed by atoms with Gasteiger partial charge in [0.1, 0.15) is 5.69 Å². The van der Waals surface area contributed by atoms with Gasteiger partial charge in [0, 0.05) is 32.3 Å². The second-order valence-electron chi connectivity index (χ2n) is 6.07. The normalized spacial score (nSPS) is 19.0. The van der Waals surface area contributed by atoms with Crippen LogP contribution < -0.4 is 5.32 Å². The van der Waals surface area contributed by atoms with Crippen LogP contribution in [0.5, 0.6) is 0 Å². The number of likely N-dealkylation sites (tertiary alicyclic amines) is 1. The number of nitrogens with one attached hydrogen (secondary N) is 1. The van der Waals surface area contributed by atoms with Crippen molar-refractivity contribution in [1.29, 1.82) is 0 Å². The lowest BCUT2D eigenvalue weighted by molar-refractivity contribution is 0.0893. The summed E-state index contributed by atoms with van der Waals surface area (Å²) in [6.07, 6.45) is 2.00. The second-order valence-corrected chi connectivity index (χ2v) is 6.07. The maximum atomic E-state index is 12.3. The van der Waals surface area contributed by atoms with Crippen LogP contribution in [0.3, 0.4) is 0 Å². The maximum Gasteiger partial charge on any atom is 0.272 e. The molecule has 0 spiro atoms. The molecule has 23 heavy (non-hydrogen) atoms. The van der Waals surface area contributed by atoms with E-state index in [0.717, 1.165) is 31.6 Å². The summed E-state index contributed by atoms with van der Waals surface area (Å²) in [6.45, 7) is 6.11. The van der Waals surface area contributed by atoms with Crippen molar-refractivity contribution in [2.75, 3.05) is 13.1 Å². The first-order chi connectivity index (χ1) is 11.0. The molecule has 8 heteroatoms. The summed E-state index contributed by atoms with van der Waals surface area (Å²) < 4.78 is 6.71. The Morgan fingerprint density at radius 3 is 2.96 bits per heavy atom. The van der Waals surface area contributed by atoms with Gasteiger partial charge in [-0.1, -0.05) is 5.16 Å². The second kappa shape index (κ2) is 6.49. The molecule has 0 saturated carbocycles. The molecule has 2 aromatic heterocycles. The molecular formula is C15H22N6O2. The lowest BCUT2D eigenvalue weighted by atomic mass is 10.1. The van der Waals surface area contributed by atoms with Crippen LogP contribution in [-0.4, -0.2) is 49.9 Å². The molecule has 1 N–H and O–H groups in total. The Balaban J connectivity index is 1.56. The Bertz CT molecular complexity index is 672. The van der Waals surface area contributed by atoms with Crippen molar-refractivity contribution in [1.82, 2.24) is 30.1 Å². The number of aromatic nitrogens is 4. The van der Waals surface area contributed by atoms with E-state index in [1.165, 1.54) is 0 Å². The van der Waals surface area contributed by atoms with E-state index < -0.39 is 0 Å². The van der Waals surface area contributed by atoms with Gasteiger partial charge in [0.15, 0.2) is 5.82 Å². The predicted octanol–water partition coefficient (Wildman–Crippen LogP) is 0.814. The van der Waals surface area contributed by atoms with E-state index in [4.69, 9.17) is 4.52 Å². The molecular weight excluding hydrogens is 296 g/mol. The van der Waals surface area contributed by atoms with E-state index in [-0.39, 0.29) is 11.9 Å². The summed E-state index contributed by atoms with van der Waals surface area (Å²) >= 11 is 0. The molecule has 3 rings (SSSR count). The first-order valence-electron chi connectivity index (χ1n) is 7.84. The van der Waals surface area contributed by atoms with Gasteiger partial charge >= 0.3 is 0 Å². The summed E-state index contributed by atoms with van der Waals surface area (Å²) in [5.74, 6) is 1.15. The van der Waals surface area contributed by atoms with Gasteiger partial charge in [0.25, 0.3) is 5.91 Å². The molecule has 124 valence electrons. The highest BCUT2D eigenvalue weighted by molar-refractivity contribution is 5.92. The third-order valence-electron chi connectivity index (χ3n) is 4.12. The fraction of sp³-hybridized carbons (Fsp3) is 0.600. The highest BCUT2D eigenvalue weighted by Crippen LogP contribution is 2.13. The Morgan fingerprint density at radius 2 is 2.30 bits per heavy atom. The van der Waals surface area contributed by atoms with Crippen LogP contribution in [0.1, 0.15) is 40.7 Å². The van der Waals surface area contributed by atoms with E-state index in [1.807, 2.05) is 14.0 Å². The van der Waals surface area contributed by atoms with Crippen LogP contribution in [-0.2, 0) is 13.6 Å². The minimum atomic E-state index is -0.115. The van der Waals surface area contributed by atoms with Crippen LogP contribution in [0, 0.1) is 13.8 Å². The minimum absolute atomic E-state index is 0.115. The first kappa shape index (κ1) is 15.7. The van der Waals surface area contributed by atoms with Crippen LogP contribution >= 0.6 is 0 Å². The number of rotatable bonds is 4. The molecule has 8 nitrogen and oxygen atoms in total. The fourth-order valence-electron chi connectivity index (χ4n) is 2.85. The predicted molar refractivity (Wildman–Crippen MR) is 82.7 cm³/mol. The Kier molecular flexibility index (Phi) is 4.42. The fourth-order valence-corrected chi connectivity index (χ4v) is 2.85. The Morgan fingerprint density at radius 1 is 1.48 bits per heavy atom. The molecule has 3 heterocycles. The van der Waals surface area contributed by atoms with Gasteiger partial charge in [0.05, 0.1) is 6.54 Å². The molecule has 1 unspecified atom stereocenters. The molecule has 0 radical (unpaired) electrons. The third-order valence-corrected chi connectivity index (χ3v) is 4.12. The number of hydrogen-bond acceptors (Lipinski definition) is 6. The van der Waals surface area contributed by atoms with E-state index in [9.17, 15) is 4.79 Å². The van der Waals surface area contributed by atoms with Crippen LogP contribution in [0.15, 0.2) is 10.6 Å². The lowest BCUT2D eigenvalue weighted by Crippen LogP contribution is -2.47. The van der Waals surface area contributed by atoms with Gasteiger partial charge in [-0.3, -0.25) is 14.4 Å². The number of nitrogens with zero attached hydrogens (tertiary/aromatic N) is 5. The monoisotopic (exact) mass is 318 g/mol. The number of amides is 1. The number of carbonyl (C=O) groups is 1. The van der Waals surface area contributed by atoms with Gasteiger partial charge in [0.2, 0.25) is 5.89 Å². The molecule has 2 aromatic rings. The summed E-state index contributed by atoms with van der Waals surface area (Å²) in [7, 11) is 1.83. The summed E-state index contributed by atoms with van der Waals surface area (Å²) in [4.78, 5) is 18.8. The molecule has 1 amide bonds. The molecule has 0 aliphatic carbocycles. The summed E-state index contributed by atoms with van der Waals surface area (Å²) in [6, 6.07) is 1.92. The molecule has 1 aliphatic heterocycles. The van der Waals surface area contributed by atoms with Gasteiger partial charge in [-0.05, 0) is 32.4 Å². The number of carbonyl (C=O) groups excluding carboxylic acids is 1. The van der Waals surface area contributed by atoms with Crippen molar-refractivity contribution in [3.05, 3.63) is 29.2 Å². The van der Waals surface area contributed by atoms with Gasteiger partial charge in [-0.25, -0.2) is 0 Å². The number of piperidine rings is 1. The summed E-state index contributed by atoms with van der Waals surface area (Å²) in [5.41, 5.74) is 1.43. The van der Waals surface area contributed by atoms with E-state index in [2.05, 4.69) is 25.5 Å². The van der Waals surface area contributed by atoms with Crippen molar-refractivity contribution in [2.24, 2.45) is 7.05 Å². The van der Waals surface area contributed by atoms with E-state index >= 15 is 0 Å². The smallest absolute Gasteiger partial charge is 0.272 e. The van der Waals surface area contributed by atoms with Gasteiger partial charge < -0.3 is 9.84 Å². The van der Waals surface area contributed by atoms with Gasteiger partial charge in [-0.2, -0.15) is 10.1 Å². The summed E-state index contributed by atoms with van der Waals surface area (Å²) in [5, 5.41) is 11.2.